The number of hydrogen-bond acceptors (Lipinski definition) is 2. The third-order valence-electron chi connectivity index (χ3n) is 5.15. The smallest absolute Gasteiger partial charge is 0.220 e. The summed E-state index contributed by atoms with van der Waals surface area (Å²) >= 11 is 0. The average Bonchev–Trinajstić information content (AvgIpc) is 2.36. The SMILES string of the molecule is CC(=O)N1[C@@H]2CN[C@@H]3CCCC[C@@H]1[C@]3(C)C2. The van der Waals surface area contributed by atoms with Crippen LogP contribution in [0.5, 0.6) is 0 Å². The lowest BCUT2D eigenvalue weighted by Gasteiger charge is -2.39. The van der Waals surface area contributed by atoms with Gasteiger partial charge in [-0.15, -0.1) is 0 Å². The molecule has 0 unspecified atom stereocenters. The quantitative estimate of drug-likeness (QED) is 0.674. The summed E-state index contributed by atoms with van der Waals surface area (Å²) in [5.41, 5.74) is 0.338. The van der Waals surface area contributed by atoms with Gasteiger partial charge in [-0.3, -0.25) is 4.79 Å². The maximum Gasteiger partial charge on any atom is 0.220 e. The lowest BCUT2D eigenvalue weighted by Crippen LogP contribution is -2.51. The fraction of sp³-hybridized carbons (Fsp3) is 0.923. The van der Waals surface area contributed by atoms with Gasteiger partial charge in [0.25, 0.3) is 0 Å². The van der Waals surface area contributed by atoms with Crippen molar-refractivity contribution in [3.05, 3.63) is 0 Å². The largest absolute Gasteiger partial charge is 0.335 e. The number of rotatable bonds is 0. The van der Waals surface area contributed by atoms with E-state index in [9.17, 15) is 4.79 Å². The Kier molecular flexibility index (Phi) is 2.29. The lowest BCUT2D eigenvalue weighted by atomic mass is 9.72. The van der Waals surface area contributed by atoms with Crippen LogP contribution in [-0.2, 0) is 4.79 Å². The highest BCUT2D eigenvalue weighted by atomic mass is 16.2. The highest BCUT2D eigenvalue weighted by Crippen LogP contribution is 2.50. The minimum Gasteiger partial charge on any atom is -0.335 e. The molecule has 2 saturated heterocycles. The first-order valence-corrected chi connectivity index (χ1v) is 6.65. The molecule has 3 nitrogen and oxygen atoms in total. The number of hydrogen-bond donors (Lipinski definition) is 1. The molecule has 1 aliphatic carbocycles. The van der Waals surface area contributed by atoms with Crippen molar-refractivity contribution in [2.45, 2.75) is 64.1 Å². The number of carbonyl (C=O) groups is 1. The van der Waals surface area contributed by atoms with Crippen molar-refractivity contribution in [1.82, 2.24) is 10.2 Å². The van der Waals surface area contributed by atoms with E-state index in [4.69, 9.17) is 0 Å². The van der Waals surface area contributed by atoms with E-state index in [0.717, 1.165) is 6.54 Å². The molecule has 2 bridgehead atoms. The van der Waals surface area contributed by atoms with Gasteiger partial charge in [-0.2, -0.15) is 0 Å². The van der Waals surface area contributed by atoms with Crippen LogP contribution in [0.1, 0.15) is 46.0 Å². The van der Waals surface area contributed by atoms with Crippen LogP contribution in [0.15, 0.2) is 0 Å². The summed E-state index contributed by atoms with van der Waals surface area (Å²) in [6.07, 6.45) is 6.33. The highest BCUT2D eigenvalue weighted by Gasteiger charge is 2.56. The predicted octanol–water partition coefficient (Wildman–Crippen LogP) is 1.53. The van der Waals surface area contributed by atoms with E-state index in [1.54, 1.807) is 6.92 Å². The molecule has 0 aromatic carbocycles. The van der Waals surface area contributed by atoms with E-state index in [1.165, 1.54) is 32.1 Å². The van der Waals surface area contributed by atoms with Crippen molar-refractivity contribution >= 4 is 5.91 Å². The van der Waals surface area contributed by atoms with Crippen LogP contribution < -0.4 is 5.32 Å². The van der Waals surface area contributed by atoms with E-state index in [1.807, 2.05) is 0 Å². The predicted molar refractivity (Wildman–Crippen MR) is 63.1 cm³/mol. The second kappa shape index (κ2) is 3.46. The zero-order valence-electron chi connectivity index (χ0n) is 10.3. The molecule has 3 rings (SSSR count). The van der Waals surface area contributed by atoms with Gasteiger partial charge in [0.1, 0.15) is 0 Å². The molecule has 0 aromatic rings. The summed E-state index contributed by atoms with van der Waals surface area (Å²) < 4.78 is 0. The summed E-state index contributed by atoms with van der Waals surface area (Å²) in [6.45, 7) is 5.15. The summed E-state index contributed by atoms with van der Waals surface area (Å²) in [5, 5.41) is 3.68. The van der Waals surface area contributed by atoms with Gasteiger partial charge in [0, 0.05) is 37.0 Å². The minimum absolute atomic E-state index is 0.281. The number of amides is 1. The molecule has 1 N–H and O–H groups in total. The molecule has 1 saturated carbocycles. The Morgan fingerprint density at radius 3 is 2.88 bits per heavy atom. The van der Waals surface area contributed by atoms with E-state index >= 15 is 0 Å². The normalized spacial score (nSPS) is 46.6. The Morgan fingerprint density at radius 1 is 1.38 bits per heavy atom. The van der Waals surface area contributed by atoms with Gasteiger partial charge in [-0.05, 0) is 19.3 Å². The summed E-state index contributed by atoms with van der Waals surface area (Å²) in [7, 11) is 0. The summed E-state index contributed by atoms with van der Waals surface area (Å²) in [6, 6.07) is 1.60. The molecule has 1 amide bonds. The van der Waals surface area contributed by atoms with E-state index in [2.05, 4.69) is 17.1 Å². The van der Waals surface area contributed by atoms with Crippen molar-refractivity contribution in [2.75, 3.05) is 6.54 Å². The van der Waals surface area contributed by atoms with E-state index < -0.39 is 0 Å². The van der Waals surface area contributed by atoms with Crippen LogP contribution in [0.3, 0.4) is 0 Å². The monoisotopic (exact) mass is 222 g/mol. The van der Waals surface area contributed by atoms with E-state index in [0.29, 0.717) is 23.5 Å². The van der Waals surface area contributed by atoms with Crippen LogP contribution in [0, 0.1) is 5.41 Å². The van der Waals surface area contributed by atoms with Gasteiger partial charge in [-0.1, -0.05) is 19.8 Å². The van der Waals surface area contributed by atoms with Crippen molar-refractivity contribution in [1.29, 1.82) is 0 Å². The second-order valence-electron chi connectivity index (χ2n) is 6.05. The molecule has 16 heavy (non-hydrogen) atoms. The molecular weight excluding hydrogens is 200 g/mol. The number of nitrogens with zero attached hydrogens (tertiary/aromatic N) is 1. The van der Waals surface area contributed by atoms with Crippen molar-refractivity contribution in [2.24, 2.45) is 5.41 Å². The topological polar surface area (TPSA) is 32.3 Å². The lowest BCUT2D eigenvalue weighted by molar-refractivity contribution is -0.132. The number of piperidine rings is 1. The zero-order chi connectivity index (χ0) is 11.3. The molecule has 90 valence electrons. The molecule has 3 aliphatic rings. The third kappa shape index (κ3) is 1.27. The van der Waals surface area contributed by atoms with Crippen LogP contribution in [-0.4, -0.2) is 35.5 Å². The van der Waals surface area contributed by atoms with Gasteiger partial charge in [0.2, 0.25) is 5.91 Å². The molecule has 0 aromatic heterocycles. The molecule has 4 atom stereocenters. The van der Waals surface area contributed by atoms with Crippen molar-refractivity contribution in [3.63, 3.8) is 0 Å². The van der Waals surface area contributed by atoms with Gasteiger partial charge in [0.05, 0.1) is 0 Å². The molecule has 3 heteroatoms. The fourth-order valence-corrected chi connectivity index (χ4v) is 4.43. The number of carbonyl (C=O) groups excluding carboxylic acids is 1. The maximum atomic E-state index is 11.8. The molecular formula is C13H22N2O. The Morgan fingerprint density at radius 2 is 2.12 bits per heavy atom. The Bertz CT molecular complexity index is 317. The molecule has 0 radical (unpaired) electrons. The summed E-state index contributed by atoms with van der Waals surface area (Å²) in [4.78, 5) is 14.0. The minimum atomic E-state index is 0.281. The first kappa shape index (κ1) is 10.6. The zero-order valence-corrected chi connectivity index (χ0v) is 10.3. The average molecular weight is 222 g/mol. The fourth-order valence-electron chi connectivity index (χ4n) is 4.43. The molecule has 2 heterocycles. The summed E-state index contributed by atoms with van der Waals surface area (Å²) in [5.74, 6) is 0.281. The highest BCUT2D eigenvalue weighted by molar-refractivity contribution is 5.74. The van der Waals surface area contributed by atoms with Crippen LogP contribution >= 0.6 is 0 Å². The number of fused-ring (bicyclic) bond motifs is 1. The first-order valence-electron chi connectivity index (χ1n) is 6.65. The first-order chi connectivity index (χ1) is 7.63. The van der Waals surface area contributed by atoms with Crippen LogP contribution in [0.25, 0.3) is 0 Å². The van der Waals surface area contributed by atoms with Crippen molar-refractivity contribution < 1.29 is 4.79 Å². The molecule has 0 spiro atoms. The third-order valence-corrected chi connectivity index (χ3v) is 5.15. The standard InChI is InChI=1S/C13H22N2O/c1-9(16)15-10-7-13(2)11(14-8-10)5-3-4-6-12(13)15/h10-12,14H,3-8H2,1-2H3/t10-,11+,12+,13+/m0/s1. The van der Waals surface area contributed by atoms with Gasteiger partial charge >= 0.3 is 0 Å². The maximum absolute atomic E-state index is 11.8. The second-order valence-corrected chi connectivity index (χ2v) is 6.05. The Labute approximate surface area is 97.6 Å². The Hall–Kier alpha value is -0.570. The van der Waals surface area contributed by atoms with Crippen molar-refractivity contribution in [3.8, 4) is 0 Å². The van der Waals surface area contributed by atoms with E-state index in [-0.39, 0.29) is 5.91 Å². The van der Waals surface area contributed by atoms with Crippen LogP contribution in [0.4, 0.5) is 0 Å². The van der Waals surface area contributed by atoms with Gasteiger partial charge in [-0.25, -0.2) is 0 Å². The molecule has 2 aliphatic heterocycles. The number of likely N-dealkylation sites (tertiary alicyclic amines) is 1. The number of nitrogens with one attached hydrogen (secondary N) is 1. The van der Waals surface area contributed by atoms with Crippen LogP contribution in [0.2, 0.25) is 0 Å². The van der Waals surface area contributed by atoms with Gasteiger partial charge in [0.15, 0.2) is 0 Å². The van der Waals surface area contributed by atoms with Gasteiger partial charge < -0.3 is 10.2 Å². The Balaban J connectivity index is 1.99. The molecule has 3 fully saturated rings.